The fourth-order valence-electron chi connectivity index (χ4n) is 1.15. The van der Waals surface area contributed by atoms with E-state index in [4.69, 9.17) is 4.42 Å². The molecule has 0 amide bonds. The molecule has 1 heterocycles. The largest absolute Gasteiger partial charge is 0.469 e. The van der Waals surface area contributed by atoms with Crippen molar-refractivity contribution < 1.29 is 4.42 Å². The minimum atomic E-state index is 0.532. The third-order valence-corrected chi connectivity index (χ3v) is 1.86. The average Bonchev–Trinajstić information content (AvgIpc) is 2.47. The summed E-state index contributed by atoms with van der Waals surface area (Å²) in [6.45, 7) is 7.31. The highest BCUT2D eigenvalue weighted by molar-refractivity contribution is 5.16. The number of nitrogens with one attached hydrogen (secondary N) is 1. The summed E-state index contributed by atoms with van der Waals surface area (Å²) < 4.78 is 5.31. The zero-order valence-electron chi connectivity index (χ0n) is 8.05. The number of hydrogen-bond donors (Lipinski definition) is 1. The van der Waals surface area contributed by atoms with Crippen molar-refractivity contribution in [2.24, 2.45) is 0 Å². The fourth-order valence-corrected chi connectivity index (χ4v) is 1.15. The van der Waals surface area contributed by atoms with E-state index in [0.29, 0.717) is 6.04 Å². The molecule has 68 valence electrons. The van der Waals surface area contributed by atoms with Gasteiger partial charge in [0.05, 0.1) is 6.26 Å². The van der Waals surface area contributed by atoms with E-state index < -0.39 is 0 Å². The highest BCUT2D eigenvalue weighted by Gasteiger charge is 2.03. The maximum atomic E-state index is 5.31. The van der Waals surface area contributed by atoms with Gasteiger partial charge in [-0.15, -0.1) is 0 Å². The summed E-state index contributed by atoms with van der Waals surface area (Å²) in [7, 11) is 0. The summed E-state index contributed by atoms with van der Waals surface area (Å²) in [6.07, 6.45) is 2.73. The molecule has 2 heteroatoms. The van der Waals surface area contributed by atoms with Crippen LogP contribution in [0.5, 0.6) is 0 Å². The maximum absolute atomic E-state index is 5.31. The van der Waals surface area contributed by atoms with Crippen LogP contribution in [0.4, 0.5) is 0 Å². The third kappa shape index (κ3) is 2.38. The highest BCUT2D eigenvalue weighted by atomic mass is 16.3. The molecule has 12 heavy (non-hydrogen) atoms. The van der Waals surface area contributed by atoms with Gasteiger partial charge in [-0.3, -0.25) is 0 Å². The van der Waals surface area contributed by atoms with Crippen LogP contribution in [-0.4, -0.2) is 6.04 Å². The van der Waals surface area contributed by atoms with Gasteiger partial charge in [0.25, 0.3) is 0 Å². The van der Waals surface area contributed by atoms with E-state index in [-0.39, 0.29) is 0 Å². The van der Waals surface area contributed by atoms with Gasteiger partial charge in [-0.1, -0.05) is 20.8 Å². The van der Waals surface area contributed by atoms with Gasteiger partial charge in [-0.2, -0.15) is 0 Å². The van der Waals surface area contributed by atoms with Crippen molar-refractivity contribution in [2.75, 3.05) is 0 Å². The molecule has 1 aromatic rings. The van der Waals surface area contributed by atoms with Crippen molar-refractivity contribution >= 4 is 0 Å². The molecule has 0 aliphatic carbocycles. The monoisotopic (exact) mass is 167 g/mol. The van der Waals surface area contributed by atoms with Crippen LogP contribution in [0.2, 0.25) is 0 Å². The van der Waals surface area contributed by atoms with Crippen molar-refractivity contribution in [3.05, 3.63) is 23.7 Å². The molecule has 0 aliphatic heterocycles. The Kier molecular flexibility index (Phi) is 3.35. The van der Waals surface area contributed by atoms with Crippen molar-refractivity contribution in [2.45, 2.75) is 39.8 Å². The maximum Gasteiger partial charge on any atom is 0.107 e. The number of furan rings is 1. The number of aryl methyl sites for hydroxylation is 1. The highest BCUT2D eigenvalue weighted by Crippen LogP contribution is 2.10. The lowest BCUT2D eigenvalue weighted by Crippen LogP contribution is -2.22. The van der Waals surface area contributed by atoms with Crippen molar-refractivity contribution in [3.8, 4) is 0 Å². The summed E-state index contributed by atoms with van der Waals surface area (Å²) in [6, 6.07) is 2.57. The second-order valence-corrected chi connectivity index (χ2v) is 3.26. The Balaban J connectivity index is 2.50. The Morgan fingerprint density at radius 1 is 1.50 bits per heavy atom. The molecule has 1 aromatic heterocycles. The van der Waals surface area contributed by atoms with E-state index in [9.17, 15) is 0 Å². The summed E-state index contributed by atoms with van der Waals surface area (Å²) >= 11 is 0. The lowest BCUT2D eigenvalue weighted by Gasteiger charge is -2.06. The molecule has 0 saturated heterocycles. The summed E-state index contributed by atoms with van der Waals surface area (Å²) in [5.74, 6) is 1.10. The van der Waals surface area contributed by atoms with Gasteiger partial charge < -0.3 is 9.73 Å². The van der Waals surface area contributed by atoms with Crippen LogP contribution in [-0.2, 0) is 13.0 Å². The summed E-state index contributed by atoms with van der Waals surface area (Å²) in [5, 5.41) is 3.36. The average molecular weight is 167 g/mol. The molecule has 0 saturated carbocycles. The van der Waals surface area contributed by atoms with Crippen LogP contribution in [0.15, 0.2) is 16.7 Å². The van der Waals surface area contributed by atoms with Crippen molar-refractivity contribution in [3.63, 3.8) is 0 Å². The lowest BCUT2D eigenvalue weighted by molar-refractivity contribution is 0.503. The van der Waals surface area contributed by atoms with E-state index >= 15 is 0 Å². The molecule has 1 rings (SSSR count). The first-order chi connectivity index (χ1) is 5.74. The molecular weight excluding hydrogens is 150 g/mol. The van der Waals surface area contributed by atoms with Gasteiger partial charge in [0, 0.05) is 24.6 Å². The van der Waals surface area contributed by atoms with E-state index in [1.54, 1.807) is 6.26 Å². The van der Waals surface area contributed by atoms with Gasteiger partial charge >= 0.3 is 0 Å². The molecule has 0 aliphatic rings. The fraction of sp³-hybridized carbons (Fsp3) is 0.600. The third-order valence-electron chi connectivity index (χ3n) is 1.86. The van der Waals surface area contributed by atoms with Gasteiger partial charge in [0.1, 0.15) is 5.76 Å². The van der Waals surface area contributed by atoms with Crippen LogP contribution < -0.4 is 5.32 Å². The van der Waals surface area contributed by atoms with E-state index in [1.807, 2.05) is 6.07 Å². The standard InChI is InChI=1S/C10H17NO/c1-4-10-9(5-6-12-10)7-11-8(2)3/h5-6,8,11H,4,7H2,1-3H3. The van der Waals surface area contributed by atoms with Crippen molar-refractivity contribution in [1.29, 1.82) is 0 Å². The van der Waals surface area contributed by atoms with Gasteiger partial charge in [0.2, 0.25) is 0 Å². The second kappa shape index (κ2) is 4.31. The molecule has 2 nitrogen and oxygen atoms in total. The molecule has 0 bridgehead atoms. The lowest BCUT2D eigenvalue weighted by atomic mass is 10.2. The Bertz CT molecular complexity index is 227. The first-order valence-corrected chi connectivity index (χ1v) is 4.52. The smallest absolute Gasteiger partial charge is 0.107 e. The molecule has 1 N–H and O–H groups in total. The Hall–Kier alpha value is -0.760. The normalized spacial score (nSPS) is 11.0. The van der Waals surface area contributed by atoms with Crippen LogP contribution in [0.1, 0.15) is 32.1 Å². The van der Waals surface area contributed by atoms with Gasteiger partial charge in [0.15, 0.2) is 0 Å². The van der Waals surface area contributed by atoms with Gasteiger partial charge in [-0.25, -0.2) is 0 Å². The van der Waals surface area contributed by atoms with Crippen molar-refractivity contribution in [1.82, 2.24) is 5.32 Å². The molecular formula is C10H17NO. The number of rotatable bonds is 4. The molecule has 0 spiro atoms. The summed E-state index contributed by atoms with van der Waals surface area (Å²) in [4.78, 5) is 0. The molecule has 0 unspecified atom stereocenters. The van der Waals surface area contributed by atoms with E-state index in [0.717, 1.165) is 18.7 Å². The summed E-state index contributed by atoms with van der Waals surface area (Å²) in [5.41, 5.74) is 1.28. The van der Waals surface area contributed by atoms with E-state index in [1.165, 1.54) is 5.56 Å². The molecule has 0 aromatic carbocycles. The van der Waals surface area contributed by atoms with Crippen LogP contribution in [0.3, 0.4) is 0 Å². The Morgan fingerprint density at radius 2 is 2.25 bits per heavy atom. The topological polar surface area (TPSA) is 25.2 Å². The first kappa shape index (κ1) is 9.33. The zero-order chi connectivity index (χ0) is 8.97. The molecule has 0 radical (unpaired) electrons. The number of hydrogen-bond acceptors (Lipinski definition) is 2. The second-order valence-electron chi connectivity index (χ2n) is 3.26. The van der Waals surface area contributed by atoms with Gasteiger partial charge in [-0.05, 0) is 6.07 Å². The van der Waals surface area contributed by atoms with E-state index in [2.05, 4.69) is 26.1 Å². The van der Waals surface area contributed by atoms with Crippen LogP contribution >= 0.6 is 0 Å². The Labute approximate surface area is 74.0 Å². The predicted octanol–water partition coefficient (Wildman–Crippen LogP) is 2.34. The minimum absolute atomic E-state index is 0.532. The SMILES string of the molecule is CCc1occc1CNC(C)C. The van der Waals surface area contributed by atoms with Crippen LogP contribution in [0.25, 0.3) is 0 Å². The Morgan fingerprint density at radius 3 is 2.83 bits per heavy atom. The minimum Gasteiger partial charge on any atom is -0.469 e. The van der Waals surface area contributed by atoms with Crippen LogP contribution in [0, 0.1) is 0 Å². The molecule has 0 atom stereocenters. The zero-order valence-corrected chi connectivity index (χ0v) is 8.05. The predicted molar refractivity (Wildman–Crippen MR) is 50.1 cm³/mol. The first-order valence-electron chi connectivity index (χ1n) is 4.52. The molecule has 0 fully saturated rings. The quantitative estimate of drug-likeness (QED) is 0.744.